The van der Waals surface area contributed by atoms with E-state index < -0.39 is 27.5 Å². The van der Waals surface area contributed by atoms with E-state index in [2.05, 4.69) is 5.32 Å². The van der Waals surface area contributed by atoms with Crippen LogP contribution in [0.3, 0.4) is 0 Å². The second kappa shape index (κ2) is 10.6. The van der Waals surface area contributed by atoms with Gasteiger partial charge in [0.2, 0.25) is 15.9 Å². The molecule has 2 fully saturated rings. The van der Waals surface area contributed by atoms with Gasteiger partial charge in [0.15, 0.2) is 0 Å². The largest absolute Gasteiger partial charge is 0.487 e. The fraction of sp³-hybridized carbons (Fsp3) is 0.480. The monoisotopic (exact) mass is 505 g/mol. The molecule has 2 aliphatic rings. The number of sulfonamides is 1. The van der Waals surface area contributed by atoms with Gasteiger partial charge in [0, 0.05) is 37.9 Å². The highest BCUT2D eigenvalue weighted by atomic mass is 32.2. The molecule has 2 atom stereocenters. The summed E-state index contributed by atoms with van der Waals surface area (Å²) in [5.41, 5.74) is -0.836. The van der Waals surface area contributed by atoms with Crippen LogP contribution in [0, 0.1) is 5.82 Å². The van der Waals surface area contributed by atoms with E-state index in [-0.39, 0.29) is 23.9 Å². The van der Waals surface area contributed by atoms with Gasteiger partial charge in [0.1, 0.15) is 23.3 Å². The van der Waals surface area contributed by atoms with Gasteiger partial charge in [-0.15, -0.1) is 0 Å². The first-order valence-electron chi connectivity index (χ1n) is 11.9. The molecule has 2 aliphatic heterocycles. The molecule has 0 aliphatic carbocycles. The number of β-amino-alcohol motifs (C(OH)–C–C–N with tert-alkyl or cyclic N) is 1. The van der Waals surface area contributed by atoms with E-state index in [0.717, 1.165) is 19.3 Å². The van der Waals surface area contributed by atoms with Crippen LogP contribution in [0.2, 0.25) is 0 Å². The van der Waals surface area contributed by atoms with Crippen molar-refractivity contribution in [3.05, 3.63) is 54.3 Å². The number of hydrogen-bond donors (Lipinski definition) is 2. The Morgan fingerprint density at radius 2 is 1.89 bits per heavy atom. The zero-order valence-corrected chi connectivity index (χ0v) is 20.6. The summed E-state index contributed by atoms with van der Waals surface area (Å²) in [5, 5.41) is 13.7. The molecule has 2 aromatic rings. The first kappa shape index (κ1) is 25.6. The zero-order chi connectivity index (χ0) is 25.1. The van der Waals surface area contributed by atoms with Gasteiger partial charge >= 0.3 is 0 Å². The van der Waals surface area contributed by atoms with Crippen LogP contribution in [-0.4, -0.2) is 73.1 Å². The summed E-state index contributed by atoms with van der Waals surface area (Å²) in [4.78, 5) is 14.7. The number of amides is 1. The Bertz CT molecular complexity index is 1150. The standard InChI is InChI=1S/C25H32FN3O5S/c1-25(31)18-28(14-11-23(25)34-21-9-5-7-19(26)15-21)17-24(30)27-20-8-6-10-22(16-20)35(32,33)29-12-3-2-4-13-29/h5-10,15-16,23,31H,2-4,11-14,17-18H2,1H3,(H,27,30)/t23-,25-/m0/s1. The van der Waals surface area contributed by atoms with Gasteiger partial charge in [-0.2, -0.15) is 4.31 Å². The molecule has 0 unspecified atom stereocenters. The van der Waals surface area contributed by atoms with E-state index in [9.17, 15) is 22.7 Å². The van der Waals surface area contributed by atoms with Crippen LogP contribution in [0.1, 0.15) is 32.6 Å². The van der Waals surface area contributed by atoms with Crippen LogP contribution >= 0.6 is 0 Å². The zero-order valence-electron chi connectivity index (χ0n) is 19.8. The van der Waals surface area contributed by atoms with Crippen LogP contribution < -0.4 is 10.1 Å². The lowest BCUT2D eigenvalue weighted by Gasteiger charge is -2.42. The molecule has 4 rings (SSSR count). The van der Waals surface area contributed by atoms with Crippen molar-refractivity contribution in [1.82, 2.24) is 9.21 Å². The Kier molecular flexibility index (Phi) is 7.75. The Morgan fingerprint density at radius 1 is 1.14 bits per heavy atom. The van der Waals surface area contributed by atoms with Crippen molar-refractivity contribution in [2.24, 2.45) is 0 Å². The molecule has 35 heavy (non-hydrogen) atoms. The predicted molar refractivity (Wildman–Crippen MR) is 130 cm³/mol. The van der Waals surface area contributed by atoms with Crippen molar-refractivity contribution in [1.29, 1.82) is 0 Å². The van der Waals surface area contributed by atoms with Crippen molar-refractivity contribution < 1.29 is 27.4 Å². The molecule has 0 saturated carbocycles. The molecular weight excluding hydrogens is 473 g/mol. The lowest BCUT2D eigenvalue weighted by Crippen LogP contribution is -2.58. The number of rotatable bonds is 7. The molecule has 2 aromatic carbocycles. The molecule has 2 heterocycles. The average Bonchev–Trinajstić information content (AvgIpc) is 2.81. The number of carbonyl (C=O) groups excluding carboxylic acids is 1. The number of piperidine rings is 2. The maximum atomic E-state index is 13.5. The fourth-order valence-electron chi connectivity index (χ4n) is 4.66. The van der Waals surface area contributed by atoms with Crippen LogP contribution in [0.5, 0.6) is 5.75 Å². The summed E-state index contributed by atoms with van der Waals surface area (Å²) in [6.07, 6.45) is 2.65. The summed E-state index contributed by atoms with van der Waals surface area (Å²) in [5.74, 6) is -0.372. The van der Waals surface area contributed by atoms with Gasteiger partial charge in [-0.25, -0.2) is 12.8 Å². The molecule has 0 radical (unpaired) electrons. The normalized spacial score (nSPS) is 24.1. The molecule has 10 heteroatoms. The minimum absolute atomic E-state index is 0.0337. The van der Waals surface area contributed by atoms with Gasteiger partial charge in [-0.3, -0.25) is 9.69 Å². The van der Waals surface area contributed by atoms with E-state index in [1.807, 2.05) is 4.90 Å². The topological polar surface area (TPSA) is 99.2 Å². The van der Waals surface area contributed by atoms with Gasteiger partial charge in [-0.05, 0) is 56.5 Å². The molecule has 2 saturated heterocycles. The number of benzene rings is 2. The number of carbonyl (C=O) groups is 1. The highest BCUT2D eigenvalue weighted by Gasteiger charge is 2.40. The van der Waals surface area contributed by atoms with E-state index >= 15 is 0 Å². The number of ether oxygens (including phenoxy) is 1. The summed E-state index contributed by atoms with van der Waals surface area (Å²) >= 11 is 0. The lowest BCUT2D eigenvalue weighted by molar-refractivity contribution is -0.123. The lowest BCUT2D eigenvalue weighted by atomic mass is 9.91. The van der Waals surface area contributed by atoms with Crippen molar-refractivity contribution in [3.63, 3.8) is 0 Å². The van der Waals surface area contributed by atoms with Crippen LogP contribution in [0.25, 0.3) is 0 Å². The molecule has 1 amide bonds. The summed E-state index contributed by atoms with van der Waals surface area (Å²) in [6.45, 7) is 3.40. The van der Waals surface area contributed by atoms with E-state index in [0.29, 0.717) is 37.5 Å². The Labute approximate surface area is 205 Å². The highest BCUT2D eigenvalue weighted by Crippen LogP contribution is 2.27. The highest BCUT2D eigenvalue weighted by molar-refractivity contribution is 7.89. The maximum Gasteiger partial charge on any atom is 0.243 e. The summed E-state index contributed by atoms with van der Waals surface area (Å²) < 4.78 is 46.6. The Hall–Kier alpha value is -2.53. The molecule has 0 aromatic heterocycles. The second-order valence-corrected chi connectivity index (χ2v) is 11.4. The minimum Gasteiger partial charge on any atom is -0.487 e. The SMILES string of the molecule is C[C@]1(O)CN(CC(=O)Nc2cccc(S(=O)(=O)N3CCCCC3)c2)CC[C@@H]1Oc1cccc(F)c1. The van der Waals surface area contributed by atoms with Gasteiger partial charge in [0.05, 0.1) is 11.4 Å². The number of anilines is 1. The van der Waals surface area contributed by atoms with Crippen molar-refractivity contribution in [3.8, 4) is 5.75 Å². The molecule has 8 nitrogen and oxygen atoms in total. The predicted octanol–water partition coefficient (Wildman–Crippen LogP) is 2.84. The molecule has 190 valence electrons. The van der Waals surface area contributed by atoms with Crippen molar-refractivity contribution in [2.45, 2.75) is 49.2 Å². The van der Waals surface area contributed by atoms with E-state index in [4.69, 9.17) is 4.74 Å². The third-order valence-electron chi connectivity index (χ3n) is 6.46. The smallest absolute Gasteiger partial charge is 0.243 e. The van der Waals surface area contributed by atoms with E-state index in [1.54, 1.807) is 37.3 Å². The minimum atomic E-state index is -3.60. The van der Waals surface area contributed by atoms with E-state index in [1.165, 1.54) is 22.5 Å². The number of aliphatic hydroxyl groups is 1. The van der Waals surface area contributed by atoms with Gasteiger partial charge < -0.3 is 15.2 Å². The third kappa shape index (κ3) is 6.38. The maximum absolute atomic E-state index is 13.5. The first-order valence-corrected chi connectivity index (χ1v) is 13.3. The Morgan fingerprint density at radius 3 is 2.60 bits per heavy atom. The second-order valence-electron chi connectivity index (χ2n) is 9.46. The molecule has 0 spiro atoms. The number of nitrogens with one attached hydrogen (secondary N) is 1. The van der Waals surface area contributed by atoms with Crippen LogP contribution in [-0.2, 0) is 14.8 Å². The molecule has 2 N–H and O–H groups in total. The third-order valence-corrected chi connectivity index (χ3v) is 8.35. The Balaban J connectivity index is 1.34. The van der Waals surface area contributed by atoms with Gasteiger partial charge in [0.25, 0.3) is 0 Å². The first-order chi connectivity index (χ1) is 16.6. The van der Waals surface area contributed by atoms with Gasteiger partial charge in [-0.1, -0.05) is 18.6 Å². The number of halogens is 1. The van der Waals surface area contributed by atoms with Crippen molar-refractivity contribution >= 4 is 21.6 Å². The summed E-state index contributed by atoms with van der Waals surface area (Å²) in [7, 11) is -3.60. The number of nitrogens with zero attached hydrogens (tertiary/aromatic N) is 2. The molecule has 0 bridgehead atoms. The quantitative estimate of drug-likeness (QED) is 0.601. The number of likely N-dealkylation sites (tertiary alicyclic amines) is 1. The molecular formula is C25H32FN3O5S. The van der Waals surface area contributed by atoms with Crippen LogP contribution in [0.4, 0.5) is 10.1 Å². The number of hydrogen-bond acceptors (Lipinski definition) is 6. The fourth-order valence-corrected chi connectivity index (χ4v) is 6.23. The summed E-state index contributed by atoms with van der Waals surface area (Å²) in [6, 6.07) is 12.1. The van der Waals surface area contributed by atoms with Crippen LogP contribution in [0.15, 0.2) is 53.4 Å². The average molecular weight is 506 g/mol. The van der Waals surface area contributed by atoms with Crippen molar-refractivity contribution in [2.75, 3.05) is 38.0 Å².